The van der Waals surface area contributed by atoms with Crippen LogP contribution in [0.15, 0.2) is 23.0 Å². The molecule has 0 amide bonds. The van der Waals surface area contributed by atoms with Gasteiger partial charge in [-0.3, -0.25) is 9.89 Å². The summed E-state index contributed by atoms with van der Waals surface area (Å²) in [7, 11) is 0. The molecule has 15 heavy (non-hydrogen) atoms. The van der Waals surface area contributed by atoms with E-state index in [1.54, 1.807) is 0 Å². The van der Waals surface area contributed by atoms with Crippen molar-refractivity contribution in [1.82, 2.24) is 10.2 Å². The minimum atomic E-state index is 0.0219. The van der Waals surface area contributed by atoms with Crippen LogP contribution in [0.2, 0.25) is 0 Å². The maximum Gasteiger partial charge on any atom is 0.221 e. The molecule has 1 N–H and O–H groups in total. The van der Waals surface area contributed by atoms with Gasteiger partial charge < -0.3 is 0 Å². The normalized spacial score (nSPS) is 11.2. The van der Waals surface area contributed by atoms with E-state index in [1.165, 1.54) is 0 Å². The van der Waals surface area contributed by atoms with E-state index < -0.39 is 0 Å². The summed E-state index contributed by atoms with van der Waals surface area (Å²) in [5.41, 5.74) is 1.91. The third kappa shape index (κ3) is 1.78. The fourth-order valence-corrected chi connectivity index (χ4v) is 2.05. The van der Waals surface area contributed by atoms with Crippen LogP contribution in [0.25, 0.3) is 10.9 Å². The van der Waals surface area contributed by atoms with Gasteiger partial charge >= 0.3 is 0 Å². The van der Waals surface area contributed by atoms with Gasteiger partial charge in [-0.15, -0.1) is 0 Å². The van der Waals surface area contributed by atoms with E-state index in [0.717, 1.165) is 16.5 Å². The van der Waals surface area contributed by atoms with Crippen LogP contribution in [0, 0.1) is 3.70 Å². The summed E-state index contributed by atoms with van der Waals surface area (Å²) in [6.45, 7) is 4.17. The van der Waals surface area contributed by atoms with Crippen molar-refractivity contribution in [3.05, 3.63) is 37.7 Å². The van der Waals surface area contributed by atoms with Gasteiger partial charge in [-0.05, 0) is 40.1 Å². The molecule has 0 aliphatic carbocycles. The van der Waals surface area contributed by atoms with Crippen LogP contribution in [0.5, 0.6) is 0 Å². The minimum Gasteiger partial charge on any atom is -0.286 e. The zero-order chi connectivity index (χ0) is 11.0. The first-order valence-corrected chi connectivity index (χ1v) is 5.86. The monoisotopic (exact) mass is 314 g/mol. The molecular weight excluding hydrogens is 303 g/mol. The number of H-pyrrole nitrogens is 1. The number of nitrogens with zero attached hydrogens (tertiary/aromatic N) is 1. The Hall–Kier alpha value is -0.910. The third-order valence-electron chi connectivity index (χ3n) is 2.41. The third-order valence-corrected chi connectivity index (χ3v) is 3.14. The first kappa shape index (κ1) is 10.6. The summed E-state index contributed by atoms with van der Waals surface area (Å²) < 4.78 is 0.494. The summed E-state index contributed by atoms with van der Waals surface area (Å²) >= 11 is 1.96. The molecular formula is C11H11IN2O. The Bertz CT molecular complexity index is 560. The van der Waals surface area contributed by atoms with E-state index in [-0.39, 0.29) is 5.43 Å². The summed E-state index contributed by atoms with van der Waals surface area (Å²) in [4.78, 5) is 12.0. The van der Waals surface area contributed by atoms with Crippen molar-refractivity contribution in [3.63, 3.8) is 0 Å². The summed E-state index contributed by atoms with van der Waals surface area (Å²) in [5.74, 6) is 0.341. The first-order valence-electron chi connectivity index (χ1n) is 4.78. The quantitative estimate of drug-likeness (QED) is 0.823. The lowest BCUT2D eigenvalue weighted by Crippen LogP contribution is -2.12. The number of aromatic amines is 1. The van der Waals surface area contributed by atoms with Gasteiger partial charge in [0.2, 0.25) is 5.43 Å². The van der Waals surface area contributed by atoms with Crippen LogP contribution < -0.4 is 5.43 Å². The highest BCUT2D eigenvalue weighted by Gasteiger charge is 2.10. The zero-order valence-electron chi connectivity index (χ0n) is 8.54. The number of aromatic nitrogens is 2. The molecule has 1 aromatic carbocycles. The van der Waals surface area contributed by atoms with Crippen LogP contribution >= 0.6 is 22.6 Å². The second kappa shape index (κ2) is 3.92. The number of benzene rings is 1. The predicted octanol–water partition coefficient (Wildman–Crippen LogP) is 2.65. The first-order chi connectivity index (χ1) is 7.11. The number of fused-ring (bicyclic) bond motifs is 1. The van der Waals surface area contributed by atoms with E-state index in [9.17, 15) is 4.79 Å². The number of rotatable bonds is 1. The highest BCUT2D eigenvalue weighted by atomic mass is 127. The van der Waals surface area contributed by atoms with Gasteiger partial charge in [0.15, 0.2) is 3.70 Å². The van der Waals surface area contributed by atoms with Gasteiger partial charge in [0.05, 0.1) is 10.9 Å². The lowest BCUT2D eigenvalue weighted by molar-refractivity contribution is 0.872. The SMILES string of the molecule is CC(C)c1cccc2[nH]nc(I)c(=O)c12. The molecule has 1 heterocycles. The summed E-state index contributed by atoms with van der Waals surface area (Å²) in [6.07, 6.45) is 0. The second-order valence-corrected chi connectivity index (χ2v) is 4.79. The van der Waals surface area contributed by atoms with Crippen molar-refractivity contribution < 1.29 is 0 Å². The van der Waals surface area contributed by atoms with Gasteiger partial charge in [0.1, 0.15) is 0 Å². The maximum absolute atomic E-state index is 12.0. The van der Waals surface area contributed by atoms with Crippen LogP contribution in [0.3, 0.4) is 0 Å². The van der Waals surface area contributed by atoms with Crippen LogP contribution in [-0.2, 0) is 0 Å². The van der Waals surface area contributed by atoms with Crippen LogP contribution in [0.4, 0.5) is 0 Å². The number of hydrogen-bond acceptors (Lipinski definition) is 2. The zero-order valence-corrected chi connectivity index (χ0v) is 10.7. The number of hydrogen-bond donors (Lipinski definition) is 1. The van der Waals surface area contributed by atoms with Crippen molar-refractivity contribution in [2.24, 2.45) is 0 Å². The topological polar surface area (TPSA) is 45.8 Å². The molecule has 0 saturated carbocycles. The van der Waals surface area contributed by atoms with Gasteiger partial charge in [0, 0.05) is 0 Å². The maximum atomic E-state index is 12.0. The Balaban J connectivity index is 2.95. The standard InChI is InChI=1S/C11H11IN2O/c1-6(2)7-4-3-5-8-9(7)10(15)11(12)14-13-8/h3-6H,1-2H3,(H,13,15). The Morgan fingerprint density at radius 1 is 1.40 bits per heavy atom. The molecule has 3 nitrogen and oxygen atoms in total. The highest BCUT2D eigenvalue weighted by molar-refractivity contribution is 14.1. The van der Waals surface area contributed by atoms with E-state index in [0.29, 0.717) is 9.62 Å². The van der Waals surface area contributed by atoms with Crippen LogP contribution in [0.1, 0.15) is 25.3 Å². The fourth-order valence-electron chi connectivity index (χ4n) is 1.66. The van der Waals surface area contributed by atoms with E-state index in [1.807, 2.05) is 40.8 Å². The Morgan fingerprint density at radius 3 is 2.80 bits per heavy atom. The molecule has 2 aromatic rings. The molecule has 0 atom stereocenters. The molecule has 0 fully saturated rings. The molecule has 0 aliphatic heterocycles. The van der Waals surface area contributed by atoms with Crippen molar-refractivity contribution in [2.45, 2.75) is 19.8 Å². The minimum absolute atomic E-state index is 0.0219. The van der Waals surface area contributed by atoms with Gasteiger partial charge in [-0.1, -0.05) is 26.0 Å². The number of halogens is 1. The molecule has 0 radical (unpaired) electrons. The molecule has 1 aromatic heterocycles. The molecule has 0 spiro atoms. The Morgan fingerprint density at radius 2 is 2.13 bits per heavy atom. The smallest absolute Gasteiger partial charge is 0.221 e. The van der Waals surface area contributed by atoms with Gasteiger partial charge in [-0.2, -0.15) is 5.10 Å². The van der Waals surface area contributed by atoms with Crippen molar-refractivity contribution in [1.29, 1.82) is 0 Å². The van der Waals surface area contributed by atoms with E-state index >= 15 is 0 Å². The molecule has 0 aliphatic rings. The largest absolute Gasteiger partial charge is 0.286 e. The molecule has 0 unspecified atom stereocenters. The van der Waals surface area contributed by atoms with Crippen molar-refractivity contribution in [3.8, 4) is 0 Å². The average molecular weight is 314 g/mol. The lowest BCUT2D eigenvalue weighted by Gasteiger charge is -2.08. The Labute approximate surface area is 101 Å². The van der Waals surface area contributed by atoms with Crippen molar-refractivity contribution in [2.75, 3.05) is 0 Å². The Kier molecular flexibility index (Phi) is 2.77. The average Bonchev–Trinajstić information content (AvgIpc) is 2.23. The van der Waals surface area contributed by atoms with Crippen molar-refractivity contribution >= 4 is 33.5 Å². The number of nitrogens with one attached hydrogen (secondary N) is 1. The van der Waals surface area contributed by atoms with E-state index in [4.69, 9.17) is 0 Å². The highest BCUT2D eigenvalue weighted by Crippen LogP contribution is 2.21. The molecule has 0 bridgehead atoms. The predicted molar refractivity (Wildman–Crippen MR) is 69.2 cm³/mol. The summed E-state index contributed by atoms with van der Waals surface area (Å²) in [6, 6.07) is 5.83. The fraction of sp³-hybridized carbons (Fsp3) is 0.273. The van der Waals surface area contributed by atoms with E-state index in [2.05, 4.69) is 24.0 Å². The van der Waals surface area contributed by atoms with Gasteiger partial charge in [-0.25, -0.2) is 0 Å². The molecule has 4 heteroatoms. The molecule has 2 rings (SSSR count). The summed E-state index contributed by atoms with van der Waals surface area (Å²) in [5, 5.41) is 7.62. The van der Waals surface area contributed by atoms with Gasteiger partial charge in [0.25, 0.3) is 0 Å². The second-order valence-electron chi connectivity index (χ2n) is 3.77. The van der Waals surface area contributed by atoms with Crippen LogP contribution in [-0.4, -0.2) is 10.2 Å². The lowest BCUT2D eigenvalue weighted by atomic mass is 9.99. The molecule has 0 saturated heterocycles. The molecule has 78 valence electrons.